The second-order valence-corrected chi connectivity index (χ2v) is 6.88. The molecule has 0 aromatic heterocycles. The molecule has 0 aliphatic carbocycles. The summed E-state index contributed by atoms with van der Waals surface area (Å²) in [6.45, 7) is 4.73. The van der Waals surface area contributed by atoms with E-state index in [4.69, 9.17) is 14.2 Å². The summed E-state index contributed by atoms with van der Waals surface area (Å²) in [5.74, 6) is 0.812. The first-order chi connectivity index (χ1) is 12.8. The summed E-state index contributed by atoms with van der Waals surface area (Å²) in [4.78, 5) is 4.27. The van der Waals surface area contributed by atoms with Gasteiger partial charge in [-0.05, 0) is 36.8 Å². The van der Waals surface area contributed by atoms with Crippen LogP contribution in [0.15, 0.2) is 29.3 Å². The van der Waals surface area contributed by atoms with E-state index < -0.39 is 0 Å². The first kappa shape index (κ1) is 22.4. The molecular formula is C20H32IN3O3. The summed E-state index contributed by atoms with van der Waals surface area (Å²) < 4.78 is 17.0. The van der Waals surface area contributed by atoms with Crippen LogP contribution in [-0.2, 0) is 27.4 Å². The van der Waals surface area contributed by atoms with E-state index in [9.17, 15) is 0 Å². The van der Waals surface area contributed by atoms with Gasteiger partial charge < -0.3 is 24.8 Å². The molecule has 0 bridgehead atoms. The molecule has 2 N–H and O–H groups in total. The smallest absolute Gasteiger partial charge is 0.191 e. The van der Waals surface area contributed by atoms with Crippen molar-refractivity contribution in [3.05, 3.63) is 35.4 Å². The van der Waals surface area contributed by atoms with Gasteiger partial charge in [0, 0.05) is 40.0 Å². The molecule has 2 heterocycles. The Kier molecular flexibility index (Phi) is 10.4. The second-order valence-electron chi connectivity index (χ2n) is 6.88. The zero-order chi connectivity index (χ0) is 18.0. The van der Waals surface area contributed by atoms with Gasteiger partial charge in [0.15, 0.2) is 5.96 Å². The molecule has 1 atom stereocenters. The molecule has 0 spiro atoms. The van der Waals surface area contributed by atoms with Crippen molar-refractivity contribution < 1.29 is 14.2 Å². The summed E-state index contributed by atoms with van der Waals surface area (Å²) in [5, 5.41) is 6.68. The van der Waals surface area contributed by atoms with E-state index in [0.717, 1.165) is 64.6 Å². The first-order valence-corrected chi connectivity index (χ1v) is 9.67. The standard InChI is InChI=1S/C20H31N3O3.HI/c1-21-20(23-14-19-3-2-10-25-19)22-13-16-4-6-17(7-5-16)15-26-18-8-11-24-12-9-18;/h4-7,18-19H,2-3,8-15H2,1H3,(H2,21,22,23);1H. The molecule has 2 fully saturated rings. The number of guanidine groups is 1. The number of hydrogen-bond acceptors (Lipinski definition) is 4. The second kappa shape index (κ2) is 12.5. The zero-order valence-corrected chi connectivity index (χ0v) is 18.4. The maximum Gasteiger partial charge on any atom is 0.191 e. The van der Waals surface area contributed by atoms with Crippen LogP contribution in [0.5, 0.6) is 0 Å². The minimum atomic E-state index is 0. The summed E-state index contributed by atoms with van der Waals surface area (Å²) in [6.07, 6.45) is 4.93. The predicted octanol–water partition coefficient (Wildman–Crippen LogP) is 2.84. The van der Waals surface area contributed by atoms with Crippen molar-refractivity contribution in [1.29, 1.82) is 0 Å². The van der Waals surface area contributed by atoms with E-state index in [0.29, 0.717) is 18.8 Å². The molecule has 0 amide bonds. The Morgan fingerprint density at radius 3 is 2.48 bits per heavy atom. The average molecular weight is 489 g/mol. The van der Waals surface area contributed by atoms with Gasteiger partial charge in [-0.25, -0.2) is 0 Å². The molecule has 1 aromatic rings. The Hall–Kier alpha value is -0.900. The summed E-state index contributed by atoms with van der Waals surface area (Å²) in [6, 6.07) is 8.56. The molecule has 0 radical (unpaired) electrons. The van der Waals surface area contributed by atoms with Crippen molar-refractivity contribution in [3.63, 3.8) is 0 Å². The van der Waals surface area contributed by atoms with E-state index in [-0.39, 0.29) is 24.0 Å². The monoisotopic (exact) mass is 489 g/mol. The van der Waals surface area contributed by atoms with Crippen LogP contribution >= 0.6 is 24.0 Å². The lowest BCUT2D eigenvalue weighted by atomic mass is 10.1. The van der Waals surface area contributed by atoms with E-state index in [1.54, 1.807) is 7.05 Å². The molecule has 2 saturated heterocycles. The lowest BCUT2D eigenvalue weighted by Crippen LogP contribution is -2.40. The summed E-state index contributed by atoms with van der Waals surface area (Å²) in [5.41, 5.74) is 2.43. The molecule has 2 aliphatic heterocycles. The van der Waals surface area contributed by atoms with Crippen LogP contribution in [0.25, 0.3) is 0 Å². The third kappa shape index (κ3) is 7.93. The normalized spacial score (nSPS) is 20.9. The quantitative estimate of drug-likeness (QED) is 0.351. The molecule has 3 rings (SSSR count). The van der Waals surface area contributed by atoms with Gasteiger partial charge in [0.1, 0.15) is 0 Å². The van der Waals surface area contributed by atoms with Gasteiger partial charge in [-0.15, -0.1) is 24.0 Å². The minimum Gasteiger partial charge on any atom is -0.381 e. The van der Waals surface area contributed by atoms with Crippen LogP contribution in [0.1, 0.15) is 36.8 Å². The first-order valence-electron chi connectivity index (χ1n) is 9.67. The summed E-state index contributed by atoms with van der Waals surface area (Å²) >= 11 is 0. The Bertz CT molecular complexity index is 556. The fourth-order valence-electron chi connectivity index (χ4n) is 3.23. The molecular weight excluding hydrogens is 457 g/mol. The number of benzene rings is 1. The molecule has 7 heteroatoms. The Morgan fingerprint density at radius 2 is 1.81 bits per heavy atom. The minimum absolute atomic E-state index is 0. The lowest BCUT2D eigenvalue weighted by Gasteiger charge is -2.22. The van der Waals surface area contributed by atoms with Gasteiger partial charge in [0.2, 0.25) is 0 Å². The van der Waals surface area contributed by atoms with Gasteiger partial charge in [0.05, 0.1) is 18.8 Å². The molecule has 1 aromatic carbocycles. The number of nitrogens with one attached hydrogen (secondary N) is 2. The topological polar surface area (TPSA) is 64.1 Å². The molecule has 6 nitrogen and oxygen atoms in total. The number of nitrogens with zero attached hydrogens (tertiary/aromatic N) is 1. The van der Waals surface area contributed by atoms with Gasteiger partial charge in [-0.2, -0.15) is 0 Å². The highest BCUT2D eigenvalue weighted by atomic mass is 127. The van der Waals surface area contributed by atoms with Crippen LogP contribution in [0, 0.1) is 0 Å². The highest BCUT2D eigenvalue weighted by Gasteiger charge is 2.15. The maximum atomic E-state index is 5.97. The molecule has 27 heavy (non-hydrogen) atoms. The fourth-order valence-corrected chi connectivity index (χ4v) is 3.23. The van der Waals surface area contributed by atoms with Crippen LogP contribution < -0.4 is 10.6 Å². The average Bonchev–Trinajstić information content (AvgIpc) is 3.22. The van der Waals surface area contributed by atoms with Gasteiger partial charge >= 0.3 is 0 Å². The van der Waals surface area contributed by atoms with Crippen molar-refractivity contribution in [2.75, 3.05) is 33.4 Å². The summed E-state index contributed by atoms with van der Waals surface area (Å²) in [7, 11) is 1.79. The fraction of sp³-hybridized carbons (Fsp3) is 0.650. The highest BCUT2D eigenvalue weighted by molar-refractivity contribution is 14.0. The van der Waals surface area contributed by atoms with E-state index in [1.807, 2.05) is 0 Å². The van der Waals surface area contributed by atoms with Crippen molar-refractivity contribution in [3.8, 4) is 0 Å². The predicted molar refractivity (Wildman–Crippen MR) is 118 cm³/mol. The van der Waals surface area contributed by atoms with Gasteiger partial charge in [0.25, 0.3) is 0 Å². The number of aliphatic imine (C=N–C) groups is 1. The van der Waals surface area contributed by atoms with Crippen LogP contribution in [0.3, 0.4) is 0 Å². The van der Waals surface area contributed by atoms with Gasteiger partial charge in [-0.1, -0.05) is 24.3 Å². The molecule has 1 unspecified atom stereocenters. The number of ether oxygens (including phenoxy) is 3. The van der Waals surface area contributed by atoms with Gasteiger partial charge in [-0.3, -0.25) is 4.99 Å². The van der Waals surface area contributed by atoms with Crippen molar-refractivity contribution >= 4 is 29.9 Å². The van der Waals surface area contributed by atoms with Crippen molar-refractivity contribution in [2.45, 2.75) is 51.0 Å². The zero-order valence-electron chi connectivity index (χ0n) is 16.1. The number of rotatable bonds is 7. The molecule has 0 saturated carbocycles. The molecule has 152 valence electrons. The number of halogens is 1. The third-order valence-corrected chi connectivity index (χ3v) is 4.88. The molecule has 2 aliphatic rings. The SMILES string of the molecule is CN=C(NCc1ccc(COC2CCOCC2)cc1)NCC1CCCO1.I. The van der Waals surface area contributed by atoms with Crippen LogP contribution in [0.2, 0.25) is 0 Å². The lowest BCUT2D eigenvalue weighted by molar-refractivity contribution is -0.0390. The highest BCUT2D eigenvalue weighted by Crippen LogP contribution is 2.14. The number of hydrogen-bond donors (Lipinski definition) is 2. The van der Waals surface area contributed by atoms with E-state index in [1.165, 1.54) is 11.1 Å². The van der Waals surface area contributed by atoms with Crippen LogP contribution in [0.4, 0.5) is 0 Å². The largest absolute Gasteiger partial charge is 0.381 e. The third-order valence-electron chi connectivity index (χ3n) is 4.88. The van der Waals surface area contributed by atoms with Crippen molar-refractivity contribution in [2.24, 2.45) is 4.99 Å². The Balaban J connectivity index is 0.00000261. The Morgan fingerprint density at radius 1 is 1.07 bits per heavy atom. The maximum absolute atomic E-state index is 5.97. The van der Waals surface area contributed by atoms with E-state index >= 15 is 0 Å². The van der Waals surface area contributed by atoms with E-state index in [2.05, 4.69) is 39.9 Å². The van der Waals surface area contributed by atoms with Crippen molar-refractivity contribution in [1.82, 2.24) is 10.6 Å². The van der Waals surface area contributed by atoms with Crippen LogP contribution in [-0.4, -0.2) is 51.6 Å². The Labute approximate surface area is 179 Å².